The zero-order valence-corrected chi connectivity index (χ0v) is 18.7. The fraction of sp³-hybridized carbons (Fsp3) is 0.222. The van der Waals surface area contributed by atoms with Gasteiger partial charge in [-0.3, -0.25) is 4.79 Å². The molecule has 3 N–H and O–H groups in total. The van der Waals surface area contributed by atoms with Crippen LogP contribution in [-0.4, -0.2) is 35.7 Å². The molecule has 7 heteroatoms. The molecule has 0 fully saturated rings. The zero-order valence-electron chi connectivity index (χ0n) is 18.7. The van der Waals surface area contributed by atoms with Gasteiger partial charge in [-0.05, 0) is 34.2 Å². The maximum Gasteiger partial charge on any atom is 0.408 e. The number of carbonyl (C=O) groups excluding carboxylic acids is 2. The third-order valence-corrected chi connectivity index (χ3v) is 6.02. The first-order chi connectivity index (χ1) is 16.5. The number of aliphatic carboxylic acids is 1. The molecule has 174 valence electrons. The van der Waals surface area contributed by atoms with Gasteiger partial charge in [0.2, 0.25) is 5.91 Å². The molecule has 2 atom stereocenters. The molecule has 3 aromatic carbocycles. The quantitative estimate of drug-likeness (QED) is 0.468. The Morgan fingerprint density at radius 2 is 1.41 bits per heavy atom. The maximum absolute atomic E-state index is 12.9. The molecule has 7 nitrogen and oxygen atoms in total. The predicted molar refractivity (Wildman–Crippen MR) is 127 cm³/mol. The highest BCUT2D eigenvalue weighted by molar-refractivity contribution is 5.90. The fourth-order valence-electron chi connectivity index (χ4n) is 4.30. The van der Waals surface area contributed by atoms with Gasteiger partial charge in [0, 0.05) is 5.92 Å². The molecule has 1 unspecified atom stereocenters. The fourth-order valence-corrected chi connectivity index (χ4v) is 4.30. The summed E-state index contributed by atoms with van der Waals surface area (Å²) in [4.78, 5) is 37.0. The number of carboxylic acid groups (broad SMARTS) is 1. The van der Waals surface area contributed by atoms with Crippen molar-refractivity contribution in [1.29, 1.82) is 0 Å². The Kier molecular flexibility index (Phi) is 6.92. The molecule has 0 aliphatic heterocycles. The Morgan fingerprint density at radius 3 is 1.97 bits per heavy atom. The highest BCUT2D eigenvalue weighted by atomic mass is 16.5. The van der Waals surface area contributed by atoms with Gasteiger partial charge in [0.1, 0.15) is 18.7 Å². The molecule has 0 saturated carbocycles. The molecule has 34 heavy (non-hydrogen) atoms. The number of benzene rings is 3. The van der Waals surface area contributed by atoms with Crippen LogP contribution in [0.1, 0.15) is 42.0 Å². The summed E-state index contributed by atoms with van der Waals surface area (Å²) in [7, 11) is 0. The third kappa shape index (κ3) is 4.78. The number of rotatable bonds is 8. The van der Waals surface area contributed by atoms with E-state index in [1.807, 2.05) is 36.4 Å². The summed E-state index contributed by atoms with van der Waals surface area (Å²) >= 11 is 0. The van der Waals surface area contributed by atoms with E-state index in [9.17, 15) is 19.5 Å². The van der Waals surface area contributed by atoms with Crippen molar-refractivity contribution < 1.29 is 24.2 Å². The topological polar surface area (TPSA) is 105 Å². The van der Waals surface area contributed by atoms with E-state index in [-0.39, 0.29) is 18.9 Å². The summed E-state index contributed by atoms with van der Waals surface area (Å²) in [6.07, 6.45) is -0.540. The number of carbonyl (C=O) groups is 3. The van der Waals surface area contributed by atoms with Gasteiger partial charge in [-0.2, -0.15) is 0 Å². The highest BCUT2D eigenvalue weighted by Crippen LogP contribution is 2.44. The van der Waals surface area contributed by atoms with Crippen molar-refractivity contribution in [2.75, 3.05) is 6.61 Å². The normalized spacial score (nSPS) is 13.8. The molecule has 0 saturated heterocycles. The van der Waals surface area contributed by atoms with Crippen LogP contribution in [0.15, 0.2) is 78.9 Å². The summed E-state index contributed by atoms with van der Waals surface area (Å²) in [6.45, 7) is 1.77. The predicted octanol–water partition coefficient (Wildman–Crippen LogP) is 4.25. The molecule has 0 radical (unpaired) electrons. The first kappa shape index (κ1) is 23.0. The molecule has 0 bridgehead atoms. The lowest BCUT2D eigenvalue weighted by molar-refractivity contribution is -0.142. The first-order valence-electron chi connectivity index (χ1n) is 11.2. The third-order valence-electron chi connectivity index (χ3n) is 6.02. The standard InChI is InChI=1S/C27H26N2O5/c1-2-23(26(31)32)28-25(30)24(17-10-4-3-5-11-17)29-27(33)34-16-22-20-14-8-6-12-18(20)19-13-7-9-15-21(19)22/h3-15,22-24H,2,16H2,1H3,(H,28,30)(H,29,33)(H,31,32)/t23-,24?/m1/s1. The lowest BCUT2D eigenvalue weighted by atomic mass is 9.98. The average Bonchev–Trinajstić information content (AvgIpc) is 3.18. The van der Waals surface area contributed by atoms with E-state index in [0.717, 1.165) is 22.3 Å². The zero-order chi connectivity index (χ0) is 24.1. The van der Waals surface area contributed by atoms with Crippen LogP contribution in [0.5, 0.6) is 0 Å². The minimum Gasteiger partial charge on any atom is -0.480 e. The summed E-state index contributed by atoms with van der Waals surface area (Å²) in [5.74, 6) is -1.86. The molecule has 1 aliphatic rings. The number of fused-ring (bicyclic) bond motifs is 3. The monoisotopic (exact) mass is 458 g/mol. The number of alkyl carbamates (subject to hydrolysis) is 1. The van der Waals surface area contributed by atoms with Crippen LogP contribution in [0.4, 0.5) is 4.79 Å². The van der Waals surface area contributed by atoms with Crippen molar-refractivity contribution in [2.45, 2.75) is 31.3 Å². The van der Waals surface area contributed by atoms with Crippen molar-refractivity contribution in [3.63, 3.8) is 0 Å². The molecule has 1 aliphatic carbocycles. The number of ether oxygens (including phenoxy) is 1. The molecule has 0 heterocycles. The highest BCUT2D eigenvalue weighted by Gasteiger charge is 2.31. The summed E-state index contributed by atoms with van der Waals surface area (Å²) < 4.78 is 5.57. The van der Waals surface area contributed by atoms with E-state index in [4.69, 9.17) is 4.74 Å². The summed E-state index contributed by atoms with van der Waals surface area (Å²) in [6, 6.07) is 22.5. The van der Waals surface area contributed by atoms with Gasteiger partial charge in [-0.25, -0.2) is 9.59 Å². The van der Waals surface area contributed by atoms with Gasteiger partial charge in [-0.1, -0.05) is 85.8 Å². The number of carboxylic acids is 1. The minimum absolute atomic E-state index is 0.107. The molecule has 3 aromatic rings. The Bertz CT molecular complexity index is 1150. The van der Waals surface area contributed by atoms with Crippen molar-refractivity contribution in [2.24, 2.45) is 0 Å². The van der Waals surface area contributed by atoms with Crippen LogP contribution in [0.3, 0.4) is 0 Å². The summed E-state index contributed by atoms with van der Waals surface area (Å²) in [5.41, 5.74) is 4.93. The summed E-state index contributed by atoms with van der Waals surface area (Å²) in [5, 5.41) is 14.4. The Balaban J connectivity index is 1.48. The van der Waals surface area contributed by atoms with E-state index < -0.39 is 30.1 Å². The van der Waals surface area contributed by atoms with E-state index in [0.29, 0.717) is 5.56 Å². The van der Waals surface area contributed by atoms with Gasteiger partial charge in [0.05, 0.1) is 0 Å². The van der Waals surface area contributed by atoms with Crippen molar-refractivity contribution in [1.82, 2.24) is 10.6 Å². The smallest absolute Gasteiger partial charge is 0.408 e. The Morgan fingerprint density at radius 1 is 0.853 bits per heavy atom. The maximum atomic E-state index is 12.9. The van der Waals surface area contributed by atoms with E-state index in [1.165, 1.54) is 0 Å². The van der Waals surface area contributed by atoms with Crippen LogP contribution < -0.4 is 10.6 Å². The molecular weight excluding hydrogens is 432 g/mol. The second kappa shape index (κ2) is 10.2. The molecule has 0 aromatic heterocycles. The first-order valence-corrected chi connectivity index (χ1v) is 11.2. The average molecular weight is 459 g/mol. The van der Waals surface area contributed by atoms with Gasteiger partial charge < -0.3 is 20.5 Å². The number of nitrogens with one attached hydrogen (secondary N) is 2. The Labute approximate surface area is 197 Å². The number of hydrogen-bond acceptors (Lipinski definition) is 4. The van der Waals surface area contributed by atoms with E-state index in [2.05, 4.69) is 22.8 Å². The van der Waals surface area contributed by atoms with Crippen LogP contribution in [0.2, 0.25) is 0 Å². The van der Waals surface area contributed by atoms with Crippen LogP contribution in [0, 0.1) is 0 Å². The SMILES string of the molecule is CC[C@@H](NC(=O)C(NC(=O)OCC1c2ccccc2-c2ccccc21)c1ccccc1)C(=O)O. The van der Waals surface area contributed by atoms with Gasteiger partial charge in [0.25, 0.3) is 0 Å². The molecule has 4 rings (SSSR count). The van der Waals surface area contributed by atoms with E-state index >= 15 is 0 Å². The van der Waals surface area contributed by atoms with Gasteiger partial charge in [0.15, 0.2) is 0 Å². The van der Waals surface area contributed by atoms with Crippen LogP contribution in [0.25, 0.3) is 11.1 Å². The Hall–Kier alpha value is -4.13. The molecular formula is C27H26N2O5. The van der Waals surface area contributed by atoms with E-state index in [1.54, 1.807) is 37.3 Å². The van der Waals surface area contributed by atoms with Crippen LogP contribution >= 0.6 is 0 Å². The number of hydrogen-bond donors (Lipinski definition) is 3. The lowest BCUT2D eigenvalue weighted by Gasteiger charge is -2.22. The van der Waals surface area contributed by atoms with Crippen molar-refractivity contribution in [3.8, 4) is 11.1 Å². The van der Waals surface area contributed by atoms with Crippen molar-refractivity contribution >= 4 is 18.0 Å². The largest absolute Gasteiger partial charge is 0.480 e. The lowest BCUT2D eigenvalue weighted by Crippen LogP contribution is -2.47. The molecule has 2 amide bonds. The van der Waals surface area contributed by atoms with Crippen LogP contribution in [-0.2, 0) is 14.3 Å². The van der Waals surface area contributed by atoms with Crippen molar-refractivity contribution in [3.05, 3.63) is 95.6 Å². The number of amides is 2. The minimum atomic E-state index is -1.14. The van der Waals surface area contributed by atoms with Gasteiger partial charge in [-0.15, -0.1) is 0 Å². The van der Waals surface area contributed by atoms with Gasteiger partial charge >= 0.3 is 12.1 Å². The second-order valence-electron chi connectivity index (χ2n) is 8.12. The molecule has 0 spiro atoms. The second-order valence-corrected chi connectivity index (χ2v) is 8.12.